The van der Waals surface area contributed by atoms with Crippen molar-refractivity contribution in [3.05, 3.63) is 0 Å². The van der Waals surface area contributed by atoms with Gasteiger partial charge in [0.1, 0.15) is 19.0 Å². The first-order chi connectivity index (χ1) is 39.2. The summed E-state index contributed by atoms with van der Waals surface area (Å²) in [6, 6.07) is 0. The van der Waals surface area contributed by atoms with E-state index in [-0.39, 0.29) is 79.6 Å². The number of Topliss-reactive ketones (excluding diaryl/α,β-unsaturated/α-hetero) is 1. The maximum Gasteiger partial charge on any atom is 0.310 e. The molecule has 0 spiro atoms. The number of unbranched alkanes of at least 4 members (excludes halogenated alkanes) is 28. The Balaban J connectivity index is 1.05. The zero-order chi connectivity index (χ0) is 58.6. The van der Waals surface area contributed by atoms with Gasteiger partial charge in [0, 0.05) is 25.2 Å². The molecule has 0 aliphatic heterocycles. The Hall–Kier alpha value is -2.49. The Kier molecular flexibility index (Phi) is 36.4. The molecule has 0 N–H and O–H groups in total. The topological polar surface area (TPSA) is 132 Å². The smallest absolute Gasteiger partial charge is 0.310 e. The Bertz CT molecular complexity index is 1670. The molecule has 0 aromatic rings. The minimum atomic E-state index is -0.826. The molecule has 81 heavy (non-hydrogen) atoms. The first-order valence-electron chi connectivity index (χ1n) is 35.0. The predicted octanol–water partition coefficient (Wildman–Crippen LogP) is 19.5. The van der Waals surface area contributed by atoms with E-state index in [2.05, 4.69) is 34.6 Å². The fourth-order valence-electron chi connectivity index (χ4n) is 15.8. The molecular formula is C71H126O10. The van der Waals surface area contributed by atoms with Crippen molar-refractivity contribution in [2.75, 3.05) is 20.0 Å². The standard InChI is InChI=1S/C71H126O10/c1-8-10-12-14-16-18-20-22-24-26-28-33-37-41-66(73)77-53-61(54-78-67(74)42-38-34-29-27-25-23-21-19-17-15-13-11-9-2)81-68(75)51-56(3)39-35-31-30-32-36-40-57(4)69(76)80-55-79-60-47-49-70(6)59(52-60)43-44-62-64-46-45-63(58(5)72)71(64,7)50-48-65(62)70/h56-57,59-65H,8-55H2,1-7H3/t56?,57?,59-,60-,62-,63+,64-,65-,70-,71+/m0/s1. The van der Waals surface area contributed by atoms with Crippen molar-refractivity contribution in [1.82, 2.24) is 0 Å². The number of hydrogen-bond donors (Lipinski definition) is 0. The van der Waals surface area contributed by atoms with Crippen molar-refractivity contribution in [2.24, 2.45) is 52.3 Å². The van der Waals surface area contributed by atoms with Crippen molar-refractivity contribution < 1.29 is 47.7 Å². The van der Waals surface area contributed by atoms with Gasteiger partial charge in [0.15, 0.2) is 12.9 Å². The van der Waals surface area contributed by atoms with E-state index in [4.69, 9.17) is 23.7 Å². The summed E-state index contributed by atoms with van der Waals surface area (Å²) in [5.74, 6) is 2.36. The molecule has 0 aromatic heterocycles. The average molecular weight is 1140 g/mol. The lowest BCUT2D eigenvalue weighted by Gasteiger charge is -2.61. The van der Waals surface area contributed by atoms with E-state index in [9.17, 15) is 24.0 Å². The summed E-state index contributed by atoms with van der Waals surface area (Å²) < 4.78 is 29.0. The third-order valence-electron chi connectivity index (χ3n) is 21.0. The van der Waals surface area contributed by atoms with Gasteiger partial charge in [-0.15, -0.1) is 0 Å². The largest absolute Gasteiger partial charge is 0.462 e. The zero-order valence-corrected chi connectivity index (χ0v) is 53.7. The molecule has 0 heterocycles. The molecule has 4 rings (SSSR count). The molecule has 4 fully saturated rings. The van der Waals surface area contributed by atoms with Crippen LogP contribution in [0.4, 0.5) is 0 Å². The lowest BCUT2D eigenvalue weighted by atomic mass is 9.44. The molecule has 0 bridgehead atoms. The lowest BCUT2D eigenvalue weighted by Crippen LogP contribution is -2.54. The Morgan fingerprint density at radius 1 is 0.481 bits per heavy atom. The summed E-state index contributed by atoms with van der Waals surface area (Å²) in [4.78, 5) is 64.3. The highest BCUT2D eigenvalue weighted by Crippen LogP contribution is 2.67. The van der Waals surface area contributed by atoms with Gasteiger partial charge in [0.05, 0.1) is 12.0 Å². The summed E-state index contributed by atoms with van der Waals surface area (Å²) in [5.41, 5.74) is 0.543. The maximum atomic E-state index is 13.2. The van der Waals surface area contributed by atoms with Crippen LogP contribution in [0.5, 0.6) is 0 Å². The van der Waals surface area contributed by atoms with Crippen LogP contribution in [0, 0.1) is 52.3 Å². The number of ether oxygens (including phenoxy) is 5. The second-order valence-electron chi connectivity index (χ2n) is 27.6. The molecule has 0 amide bonds. The second kappa shape index (κ2) is 41.5. The molecule has 4 aliphatic rings. The molecule has 2 unspecified atom stereocenters. The third kappa shape index (κ3) is 27.2. The molecule has 0 aromatic carbocycles. The van der Waals surface area contributed by atoms with Gasteiger partial charge < -0.3 is 23.7 Å². The maximum absolute atomic E-state index is 13.2. The van der Waals surface area contributed by atoms with Crippen molar-refractivity contribution >= 4 is 29.7 Å². The van der Waals surface area contributed by atoms with Crippen molar-refractivity contribution in [1.29, 1.82) is 0 Å². The summed E-state index contributed by atoms with van der Waals surface area (Å²) in [7, 11) is 0. The lowest BCUT2D eigenvalue weighted by molar-refractivity contribution is -0.177. The van der Waals surface area contributed by atoms with Gasteiger partial charge in [0.2, 0.25) is 0 Å². The van der Waals surface area contributed by atoms with Gasteiger partial charge in [0.25, 0.3) is 0 Å². The SMILES string of the molecule is CCCCCCCCCCCCCCCC(=O)OCC(COC(=O)CCCCCCCCCCCCCCC)OC(=O)CC(C)CCCCCCCC(C)C(=O)OCO[C@H]1CC[C@@]2(C)[C@@H](CC[C@@H]3[C@@H]2CC[C@]2(C)[C@@H](C(C)=O)CC[C@@H]32)C1. The Labute approximate surface area is 497 Å². The van der Waals surface area contributed by atoms with Gasteiger partial charge in [-0.1, -0.05) is 234 Å². The molecule has 10 heteroatoms. The highest BCUT2D eigenvalue weighted by Gasteiger charge is 2.61. The Morgan fingerprint density at radius 3 is 1.44 bits per heavy atom. The van der Waals surface area contributed by atoms with E-state index in [0.717, 1.165) is 115 Å². The van der Waals surface area contributed by atoms with Crippen LogP contribution in [-0.4, -0.2) is 61.9 Å². The number of ketones is 1. The number of hydrogen-bond acceptors (Lipinski definition) is 10. The first-order valence-corrected chi connectivity index (χ1v) is 35.0. The van der Waals surface area contributed by atoms with Crippen LogP contribution >= 0.6 is 0 Å². The number of fused-ring (bicyclic) bond motifs is 5. The monoisotopic (exact) mass is 1140 g/mol. The normalized spacial score (nSPS) is 24.9. The van der Waals surface area contributed by atoms with Crippen LogP contribution in [0.3, 0.4) is 0 Å². The van der Waals surface area contributed by atoms with Crippen LogP contribution in [-0.2, 0) is 47.7 Å². The van der Waals surface area contributed by atoms with Crippen LogP contribution < -0.4 is 0 Å². The predicted molar refractivity (Wildman–Crippen MR) is 329 cm³/mol. The second-order valence-corrected chi connectivity index (χ2v) is 27.6. The molecule has 0 radical (unpaired) electrons. The summed E-state index contributed by atoms with van der Waals surface area (Å²) >= 11 is 0. The average Bonchev–Trinajstić information content (AvgIpc) is 3.96. The number of carbonyl (C=O) groups excluding carboxylic acids is 5. The number of carbonyl (C=O) groups is 5. The quantitative estimate of drug-likeness (QED) is 0.0251. The molecular weight excluding hydrogens is 1010 g/mol. The highest BCUT2D eigenvalue weighted by atomic mass is 16.7. The van der Waals surface area contributed by atoms with Gasteiger partial charge in [-0.05, 0) is 124 Å². The van der Waals surface area contributed by atoms with Gasteiger partial charge in [-0.3, -0.25) is 24.0 Å². The van der Waals surface area contributed by atoms with Crippen LogP contribution in [0.15, 0.2) is 0 Å². The molecule has 470 valence electrons. The minimum absolute atomic E-state index is 0.0443. The Morgan fingerprint density at radius 2 is 0.938 bits per heavy atom. The number of rotatable bonds is 48. The fourth-order valence-corrected chi connectivity index (χ4v) is 15.8. The molecule has 4 aliphatic carbocycles. The molecule has 4 saturated carbocycles. The van der Waals surface area contributed by atoms with Crippen LogP contribution in [0.2, 0.25) is 0 Å². The molecule has 10 atom stereocenters. The highest BCUT2D eigenvalue weighted by molar-refractivity contribution is 5.79. The van der Waals surface area contributed by atoms with E-state index in [1.54, 1.807) is 0 Å². The van der Waals surface area contributed by atoms with E-state index in [1.165, 1.54) is 167 Å². The summed E-state index contributed by atoms with van der Waals surface area (Å²) in [6.45, 7) is 15.2. The molecule has 10 nitrogen and oxygen atoms in total. The van der Waals surface area contributed by atoms with E-state index in [0.29, 0.717) is 35.9 Å². The third-order valence-corrected chi connectivity index (χ3v) is 21.0. The number of esters is 4. The van der Waals surface area contributed by atoms with Gasteiger partial charge >= 0.3 is 23.9 Å². The molecule has 0 saturated heterocycles. The van der Waals surface area contributed by atoms with E-state index >= 15 is 0 Å². The first kappa shape index (κ1) is 71.0. The van der Waals surface area contributed by atoms with E-state index in [1.807, 2.05) is 13.8 Å². The van der Waals surface area contributed by atoms with Gasteiger partial charge in [-0.2, -0.15) is 0 Å². The van der Waals surface area contributed by atoms with Crippen molar-refractivity contribution in [2.45, 2.75) is 350 Å². The van der Waals surface area contributed by atoms with Crippen molar-refractivity contribution in [3.63, 3.8) is 0 Å². The summed E-state index contributed by atoms with van der Waals surface area (Å²) in [5, 5.41) is 0. The van der Waals surface area contributed by atoms with Crippen molar-refractivity contribution in [3.8, 4) is 0 Å². The zero-order valence-electron chi connectivity index (χ0n) is 53.7. The van der Waals surface area contributed by atoms with Crippen LogP contribution in [0.1, 0.15) is 337 Å². The van der Waals surface area contributed by atoms with Crippen LogP contribution in [0.25, 0.3) is 0 Å². The van der Waals surface area contributed by atoms with E-state index < -0.39 is 6.10 Å². The minimum Gasteiger partial charge on any atom is -0.462 e. The summed E-state index contributed by atoms with van der Waals surface area (Å²) in [6.07, 6.45) is 49.9. The van der Waals surface area contributed by atoms with Gasteiger partial charge in [-0.25, -0.2) is 0 Å². The fraction of sp³-hybridized carbons (Fsp3) is 0.930.